The zero-order valence-electron chi connectivity index (χ0n) is 41.6. The number of aromatic nitrogens is 2. The number of likely N-dealkylation sites (tertiary alicyclic amines) is 2. The number of aromatic amines is 1. The third-order valence-electron chi connectivity index (χ3n) is 12.9. The third kappa shape index (κ3) is 16.8. The number of aryl methyl sites for hydroxylation is 1. The number of carbonyl (C=O) groups is 4. The van der Waals surface area contributed by atoms with Crippen molar-refractivity contribution in [3.63, 3.8) is 0 Å². The van der Waals surface area contributed by atoms with Crippen LogP contribution in [-0.4, -0.2) is 138 Å². The van der Waals surface area contributed by atoms with Crippen molar-refractivity contribution < 1.29 is 51.5 Å². The highest BCUT2D eigenvalue weighted by molar-refractivity contribution is 7.54. The Hall–Kier alpha value is -4.57. The van der Waals surface area contributed by atoms with Gasteiger partial charge in [0.1, 0.15) is 6.04 Å². The summed E-state index contributed by atoms with van der Waals surface area (Å²) in [6.07, 6.45) is 7.72. The molecule has 2 amide bonds. The molecule has 2 aliphatic heterocycles. The number of nitrogens with one attached hydrogen (secondary N) is 3. The van der Waals surface area contributed by atoms with Gasteiger partial charge in [0.2, 0.25) is 11.8 Å². The van der Waals surface area contributed by atoms with Crippen LogP contribution in [0, 0.1) is 0 Å². The van der Waals surface area contributed by atoms with Gasteiger partial charge in [-0.1, -0.05) is 60.7 Å². The number of ketones is 1. The first-order chi connectivity index (χ1) is 33.6. The molecule has 6 rings (SSSR count). The molecule has 4 N–H and O–H groups in total. The fraction of sp³-hybridized carbons (Fsp3) is 0.549. The normalized spacial score (nSPS) is 19.9. The number of H-pyrrole nitrogens is 1. The van der Waals surface area contributed by atoms with Gasteiger partial charge in [-0.15, -0.1) is 0 Å². The number of carboxylic acids is 1. The quantitative estimate of drug-likeness (QED) is 0.0461. The van der Waals surface area contributed by atoms with E-state index in [2.05, 4.69) is 37.6 Å². The van der Waals surface area contributed by atoms with Gasteiger partial charge in [0.25, 0.3) is 0 Å². The van der Waals surface area contributed by atoms with Crippen molar-refractivity contribution in [1.82, 2.24) is 30.4 Å². The second-order valence-corrected chi connectivity index (χ2v) is 22.1. The van der Waals surface area contributed by atoms with Crippen LogP contribution in [0.5, 0.6) is 0 Å². The van der Waals surface area contributed by atoms with Crippen molar-refractivity contribution in [3.8, 4) is 0 Å². The number of carbonyl (C=O) groups excluding carboxylic acids is 3. The Morgan fingerprint density at radius 2 is 1.17 bits per heavy atom. The highest BCUT2D eigenvalue weighted by Gasteiger charge is 2.38. The Bertz CT molecular complexity index is 2320. The second kappa shape index (κ2) is 27.9. The maximum Gasteiger partial charge on any atom is 0.331 e. The zero-order valence-corrected chi connectivity index (χ0v) is 43.4. The maximum absolute atomic E-state index is 13.6. The summed E-state index contributed by atoms with van der Waals surface area (Å²) in [5.74, 6) is -1.19. The predicted octanol–water partition coefficient (Wildman–Crippen LogP) is 8.17. The third-order valence-corrected chi connectivity index (χ3v) is 17.0. The smallest absolute Gasteiger partial charge is 0.331 e. The van der Waals surface area contributed by atoms with E-state index in [9.17, 15) is 28.3 Å². The van der Waals surface area contributed by atoms with Gasteiger partial charge >= 0.3 is 21.2 Å². The molecular weight excluding hydrogens is 935 g/mol. The highest BCUT2D eigenvalue weighted by Crippen LogP contribution is 2.49. The molecule has 0 spiro atoms. The molecule has 17 nitrogen and oxygen atoms in total. The number of amides is 2. The van der Waals surface area contributed by atoms with Crippen LogP contribution >= 0.6 is 15.2 Å². The van der Waals surface area contributed by atoms with Gasteiger partial charge in [-0.2, -0.15) is 0 Å². The first-order valence-electron chi connectivity index (χ1n) is 24.7. The molecule has 4 aromatic rings. The molecule has 0 unspecified atom stereocenters. The summed E-state index contributed by atoms with van der Waals surface area (Å²) in [5, 5.41) is 15.7. The number of pyridine rings is 1. The molecule has 0 radical (unpaired) electrons. The number of piperidine rings is 2. The molecule has 0 aliphatic carbocycles. The number of benzene rings is 2. The van der Waals surface area contributed by atoms with Gasteiger partial charge in [-0.3, -0.25) is 43.1 Å². The van der Waals surface area contributed by atoms with E-state index in [1.54, 1.807) is 47.0 Å². The minimum Gasteiger partial charge on any atom is -0.480 e. The largest absolute Gasteiger partial charge is 0.480 e. The van der Waals surface area contributed by atoms with E-state index in [1.165, 1.54) is 12.5 Å². The molecular formula is C51H74N6O11P2. The van der Waals surface area contributed by atoms with Crippen molar-refractivity contribution in [2.75, 3.05) is 64.9 Å². The number of hydrogen-bond acceptors (Lipinski definition) is 13. The fourth-order valence-corrected chi connectivity index (χ4v) is 12.4. The Morgan fingerprint density at radius 3 is 1.60 bits per heavy atom. The number of rotatable bonds is 25. The number of Topliss-reactive ketones (excluding diaryl/α,β-unsaturated/α-hetero) is 1. The summed E-state index contributed by atoms with van der Waals surface area (Å²) >= 11 is 0. The Kier molecular flexibility index (Phi) is 22.4. The topological polar surface area (TPSA) is 219 Å². The summed E-state index contributed by atoms with van der Waals surface area (Å²) in [6, 6.07) is 21.6. The lowest BCUT2D eigenvalue weighted by atomic mass is 9.85. The van der Waals surface area contributed by atoms with Crippen LogP contribution in [0.2, 0.25) is 0 Å². The summed E-state index contributed by atoms with van der Waals surface area (Å²) < 4.78 is 47.7. The van der Waals surface area contributed by atoms with Crippen LogP contribution in [0.3, 0.4) is 0 Å². The van der Waals surface area contributed by atoms with Gasteiger partial charge in [0.15, 0.2) is 5.78 Å². The Labute approximate surface area is 413 Å². The number of fused-ring (bicyclic) bond motifs is 1. The molecule has 19 heteroatoms. The molecule has 70 heavy (non-hydrogen) atoms. The zero-order chi connectivity index (χ0) is 50.7. The van der Waals surface area contributed by atoms with Crippen LogP contribution in [0.4, 0.5) is 0 Å². The van der Waals surface area contributed by atoms with E-state index < -0.39 is 45.3 Å². The lowest BCUT2D eigenvalue weighted by Gasteiger charge is -2.39. The summed E-state index contributed by atoms with van der Waals surface area (Å²) in [4.78, 5) is 62.2. The lowest BCUT2D eigenvalue weighted by molar-refractivity contribution is -0.142. The van der Waals surface area contributed by atoms with Crippen molar-refractivity contribution in [3.05, 3.63) is 102 Å². The minimum atomic E-state index is -3.24. The van der Waals surface area contributed by atoms with Crippen LogP contribution < -0.4 is 10.6 Å². The molecule has 2 fully saturated rings. The van der Waals surface area contributed by atoms with Crippen LogP contribution in [0.25, 0.3) is 10.9 Å². The molecule has 0 saturated carbocycles. The van der Waals surface area contributed by atoms with Gasteiger partial charge in [0, 0.05) is 48.5 Å². The molecule has 6 atom stereocenters. The van der Waals surface area contributed by atoms with E-state index in [4.69, 9.17) is 23.2 Å². The van der Waals surface area contributed by atoms with Crippen molar-refractivity contribution in [2.45, 2.75) is 116 Å². The summed E-state index contributed by atoms with van der Waals surface area (Å²) in [5.41, 5.74) is 4.32. The molecule has 2 saturated heterocycles. The minimum absolute atomic E-state index is 0.0238. The van der Waals surface area contributed by atoms with E-state index in [-0.39, 0.29) is 55.0 Å². The van der Waals surface area contributed by atoms with E-state index in [0.717, 1.165) is 35.0 Å². The summed E-state index contributed by atoms with van der Waals surface area (Å²) in [6.45, 7) is 13.6. The van der Waals surface area contributed by atoms with Crippen molar-refractivity contribution in [1.29, 1.82) is 0 Å². The van der Waals surface area contributed by atoms with Crippen LogP contribution in [-0.2, 0) is 52.8 Å². The number of nitrogens with zero attached hydrogens (tertiary/aromatic N) is 3. The number of carboxylic acid groups (broad SMARTS) is 1. The highest BCUT2D eigenvalue weighted by atomic mass is 31.2. The number of hydrogen-bond donors (Lipinski definition) is 4. The molecule has 0 bridgehead atoms. The Balaban J connectivity index is 0.000000272. The van der Waals surface area contributed by atoms with Gasteiger partial charge < -0.3 is 38.8 Å². The molecule has 2 aromatic heterocycles. The van der Waals surface area contributed by atoms with Crippen LogP contribution in [0.1, 0.15) is 102 Å². The van der Waals surface area contributed by atoms with Gasteiger partial charge in [-0.05, 0) is 122 Å². The standard InChI is InChI=1S/C30H41N4O5P.C21H33N2O6P/c1-4-38-40(37,39-5-2)18-17-34-16-14-24(23-9-7-6-8-10-23)20-28(34)30(36)32-22(3)29(35)12-11-26-19-25-21-31-15-13-27(25)33-26;1-4-28-30(27,29-5-2)14-13-23-12-11-18(17-9-7-6-8-10-17)15-19(23)20(24)22-16(3)21(25)26/h6-10,13,15,19,21-22,24,28,33H,4-5,11-12,14,16-18,20H2,1-3H3,(H,32,36);6-10,16,18-19H,4-5,11-15H2,1-3H3,(H,22,24)(H,25,26)/t22-,24-,28+;16-,18-,19+/m00/s1. The average molecular weight is 1010 g/mol. The first kappa shape index (κ1) is 56.3. The molecule has 384 valence electrons. The molecule has 2 aliphatic rings. The maximum atomic E-state index is 13.6. The fourth-order valence-electron chi connectivity index (χ4n) is 9.19. The lowest BCUT2D eigenvalue weighted by Crippen LogP contribution is -2.54. The second-order valence-electron chi connectivity index (χ2n) is 17.7. The summed E-state index contributed by atoms with van der Waals surface area (Å²) in [7, 11) is -6.47. The van der Waals surface area contributed by atoms with Gasteiger partial charge in [-0.25, -0.2) is 0 Å². The SMILES string of the molecule is CCOP(=O)(CCN1CC[C@H](c2ccccc2)C[C@@H]1C(=O)N[C@@H](C)C(=O)CCc1cc2cnccc2[nH]1)OCC.CCOP(=O)(CCN1CC[C@H](c2ccccc2)C[C@@H]1C(=O)N[C@@H](C)C(=O)O)OCC. The van der Waals surface area contributed by atoms with Gasteiger partial charge in [0.05, 0.1) is 56.9 Å². The van der Waals surface area contributed by atoms with Crippen molar-refractivity contribution in [2.24, 2.45) is 0 Å². The molecule has 4 heterocycles. The van der Waals surface area contributed by atoms with E-state index >= 15 is 0 Å². The van der Waals surface area contributed by atoms with Crippen molar-refractivity contribution >= 4 is 49.7 Å². The first-order valence-corrected chi connectivity index (χ1v) is 28.2. The monoisotopic (exact) mass is 1010 g/mol. The Morgan fingerprint density at radius 1 is 0.714 bits per heavy atom. The van der Waals surface area contributed by atoms with E-state index in [0.29, 0.717) is 65.1 Å². The molecule has 2 aromatic carbocycles. The average Bonchev–Trinajstić information content (AvgIpc) is 3.78. The predicted molar refractivity (Wildman–Crippen MR) is 271 cm³/mol. The van der Waals surface area contributed by atoms with Crippen LogP contribution in [0.15, 0.2) is 85.2 Å². The number of aliphatic carboxylic acids is 1. The van der Waals surface area contributed by atoms with E-state index in [1.807, 2.05) is 65.6 Å².